The minimum absolute atomic E-state index is 0.762. The Morgan fingerprint density at radius 2 is 1.27 bits per heavy atom. The molecule has 2 nitrogen and oxygen atoms in total. The van der Waals surface area contributed by atoms with E-state index in [9.17, 15) is 0 Å². The summed E-state index contributed by atoms with van der Waals surface area (Å²) in [7, 11) is 0. The van der Waals surface area contributed by atoms with E-state index in [4.69, 9.17) is 5.26 Å². The zero-order chi connectivity index (χ0) is 16.3. The molecule has 0 spiro atoms. The Morgan fingerprint density at radius 1 is 0.818 bits per heavy atom. The van der Waals surface area contributed by atoms with Gasteiger partial charge in [-0.3, -0.25) is 0 Å². The van der Waals surface area contributed by atoms with Gasteiger partial charge in [0.1, 0.15) is 6.54 Å². The van der Waals surface area contributed by atoms with E-state index in [1.165, 1.54) is 68.2 Å². The van der Waals surface area contributed by atoms with Gasteiger partial charge in [-0.05, 0) is 31.4 Å². The molecule has 0 aliphatic heterocycles. The van der Waals surface area contributed by atoms with Crippen LogP contribution in [-0.4, -0.2) is 24.1 Å². The normalized spacial score (nSPS) is 11.4. The van der Waals surface area contributed by atoms with Gasteiger partial charge in [-0.2, -0.15) is 5.26 Å². The molecular formula is C20H33N2+. The van der Waals surface area contributed by atoms with E-state index >= 15 is 0 Å². The van der Waals surface area contributed by atoms with Gasteiger partial charge in [0.2, 0.25) is 0 Å². The minimum Gasteiger partial charge on any atom is -0.320 e. The zero-order valence-corrected chi connectivity index (χ0v) is 14.8. The van der Waals surface area contributed by atoms with Gasteiger partial charge in [0, 0.05) is 5.56 Å². The fourth-order valence-corrected chi connectivity index (χ4v) is 3.13. The largest absolute Gasteiger partial charge is 0.320 e. The van der Waals surface area contributed by atoms with Crippen molar-refractivity contribution in [2.45, 2.75) is 65.8 Å². The number of hydrogen-bond donors (Lipinski definition) is 0. The third kappa shape index (κ3) is 6.20. The van der Waals surface area contributed by atoms with Crippen LogP contribution in [0.3, 0.4) is 0 Å². The lowest BCUT2D eigenvalue weighted by atomic mass is 10.1. The lowest BCUT2D eigenvalue weighted by Gasteiger charge is -2.39. The Balaban J connectivity index is 2.89. The van der Waals surface area contributed by atoms with Crippen molar-refractivity contribution in [2.24, 2.45) is 0 Å². The van der Waals surface area contributed by atoms with Crippen LogP contribution in [0, 0.1) is 11.3 Å². The maximum Gasteiger partial charge on any atom is 0.104 e. The average Bonchev–Trinajstić information content (AvgIpc) is 2.56. The summed E-state index contributed by atoms with van der Waals surface area (Å²) in [6, 6.07) is 10.4. The minimum atomic E-state index is 0.762. The van der Waals surface area contributed by atoms with E-state index in [1.54, 1.807) is 0 Å². The molecular weight excluding hydrogens is 268 g/mol. The van der Waals surface area contributed by atoms with Crippen LogP contribution < -0.4 is 0 Å². The van der Waals surface area contributed by atoms with Crippen LogP contribution >= 0.6 is 0 Å². The number of unbranched alkanes of at least 4 members (excludes halogenated alkanes) is 3. The Bertz CT molecular complexity index is 420. The molecule has 0 unspecified atom stereocenters. The number of rotatable bonds is 11. The highest BCUT2D eigenvalue weighted by atomic mass is 15.3. The van der Waals surface area contributed by atoms with E-state index in [0.29, 0.717) is 0 Å². The Labute approximate surface area is 137 Å². The highest BCUT2D eigenvalue weighted by Gasteiger charge is 2.26. The summed E-state index contributed by atoms with van der Waals surface area (Å²) in [5, 5.41) is 8.96. The van der Waals surface area contributed by atoms with Gasteiger partial charge in [-0.15, -0.1) is 0 Å². The van der Waals surface area contributed by atoms with Crippen LogP contribution in [0.1, 0.15) is 70.4 Å². The van der Waals surface area contributed by atoms with Crippen LogP contribution in [0.25, 0.3) is 0 Å². The van der Waals surface area contributed by atoms with Crippen molar-refractivity contribution in [2.75, 3.05) is 19.6 Å². The molecule has 0 N–H and O–H groups in total. The first kappa shape index (κ1) is 18.7. The molecule has 0 aromatic heterocycles. The van der Waals surface area contributed by atoms with E-state index in [-0.39, 0.29) is 0 Å². The van der Waals surface area contributed by atoms with E-state index in [1.807, 2.05) is 12.1 Å². The fourth-order valence-electron chi connectivity index (χ4n) is 3.13. The predicted molar refractivity (Wildman–Crippen MR) is 94.4 cm³/mol. The first-order chi connectivity index (χ1) is 10.7. The van der Waals surface area contributed by atoms with Crippen molar-refractivity contribution in [1.82, 2.24) is 0 Å². The van der Waals surface area contributed by atoms with Crippen LogP contribution in [0.5, 0.6) is 0 Å². The van der Waals surface area contributed by atoms with Crippen molar-refractivity contribution < 1.29 is 4.48 Å². The average molecular weight is 301 g/mol. The smallest absolute Gasteiger partial charge is 0.104 e. The molecule has 0 heterocycles. The lowest BCUT2D eigenvalue weighted by molar-refractivity contribution is -0.941. The number of quaternary nitrogens is 1. The van der Waals surface area contributed by atoms with Gasteiger partial charge in [0.15, 0.2) is 0 Å². The monoisotopic (exact) mass is 301 g/mol. The molecule has 0 saturated carbocycles. The standard InChI is InChI=1S/C20H33N2/c1-4-7-14-22(15-8-5-2,16-9-6-3)18-20-12-10-19(17-21)11-13-20/h10-13H,4-9,14-16,18H2,1-3H3/q+1. The fraction of sp³-hybridized carbons (Fsp3) is 0.650. The van der Waals surface area contributed by atoms with Gasteiger partial charge in [0.05, 0.1) is 31.3 Å². The second kappa shape index (κ2) is 10.4. The molecule has 0 aliphatic rings. The van der Waals surface area contributed by atoms with Crippen molar-refractivity contribution in [3.05, 3.63) is 35.4 Å². The summed E-state index contributed by atoms with van der Waals surface area (Å²) in [5.74, 6) is 0. The number of hydrogen-bond acceptors (Lipinski definition) is 1. The quantitative estimate of drug-likeness (QED) is 0.510. The summed E-state index contributed by atoms with van der Waals surface area (Å²) in [6.07, 6.45) is 7.74. The SMILES string of the molecule is CCCC[N+](CCCC)(CCCC)Cc1ccc(C#N)cc1. The van der Waals surface area contributed by atoms with E-state index in [0.717, 1.165) is 12.1 Å². The number of nitriles is 1. The molecule has 122 valence electrons. The molecule has 2 heteroatoms. The highest BCUT2D eigenvalue weighted by molar-refractivity contribution is 5.31. The topological polar surface area (TPSA) is 23.8 Å². The van der Waals surface area contributed by atoms with Gasteiger partial charge in [-0.1, -0.05) is 52.2 Å². The highest BCUT2D eigenvalue weighted by Crippen LogP contribution is 2.20. The molecule has 0 aliphatic carbocycles. The zero-order valence-electron chi connectivity index (χ0n) is 14.8. The molecule has 0 radical (unpaired) electrons. The maximum absolute atomic E-state index is 8.96. The molecule has 1 aromatic carbocycles. The maximum atomic E-state index is 8.96. The van der Waals surface area contributed by atoms with Crippen LogP contribution in [-0.2, 0) is 6.54 Å². The summed E-state index contributed by atoms with van der Waals surface area (Å²) < 4.78 is 1.22. The molecule has 0 amide bonds. The second-order valence-electron chi connectivity index (χ2n) is 6.54. The Morgan fingerprint density at radius 3 is 1.64 bits per heavy atom. The third-order valence-corrected chi connectivity index (χ3v) is 4.56. The Kier molecular flexibility index (Phi) is 8.85. The summed E-state index contributed by atoms with van der Waals surface area (Å²) in [4.78, 5) is 0. The van der Waals surface area contributed by atoms with Crippen LogP contribution in [0.15, 0.2) is 24.3 Å². The predicted octanol–water partition coefficient (Wildman–Crippen LogP) is 5.28. The van der Waals surface area contributed by atoms with Crippen LogP contribution in [0.2, 0.25) is 0 Å². The van der Waals surface area contributed by atoms with Gasteiger partial charge >= 0.3 is 0 Å². The lowest BCUT2D eigenvalue weighted by Crippen LogP contribution is -2.49. The first-order valence-electron chi connectivity index (χ1n) is 9.03. The number of nitrogens with zero attached hydrogens (tertiary/aromatic N) is 2. The molecule has 22 heavy (non-hydrogen) atoms. The van der Waals surface area contributed by atoms with Crippen molar-refractivity contribution in [3.8, 4) is 6.07 Å². The van der Waals surface area contributed by atoms with Crippen LogP contribution in [0.4, 0.5) is 0 Å². The molecule has 1 aromatic rings. The summed E-state index contributed by atoms with van der Waals surface area (Å²) in [6.45, 7) is 11.8. The number of benzene rings is 1. The third-order valence-electron chi connectivity index (χ3n) is 4.56. The van der Waals surface area contributed by atoms with E-state index < -0.39 is 0 Å². The van der Waals surface area contributed by atoms with Gasteiger partial charge < -0.3 is 4.48 Å². The second-order valence-corrected chi connectivity index (χ2v) is 6.54. The molecule has 0 atom stereocenters. The summed E-state index contributed by atoms with van der Waals surface area (Å²) in [5.41, 5.74) is 2.14. The first-order valence-corrected chi connectivity index (χ1v) is 9.03. The molecule has 0 bridgehead atoms. The van der Waals surface area contributed by atoms with Gasteiger partial charge in [-0.25, -0.2) is 0 Å². The van der Waals surface area contributed by atoms with E-state index in [2.05, 4.69) is 39.0 Å². The molecule has 1 rings (SSSR count). The van der Waals surface area contributed by atoms with Crippen molar-refractivity contribution >= 4 is 0 Å². The molecule has 0 fully saturated rings. The van der Waals surface area contributed by atoms with Crippen molar-refractivity contribution in [3.63, 3.8) is 0 Å². The Hall–Kier alpha value is -1.33. The van der Waals surface area contributed by atoms with Gasteiger partial charge in [0.25, 0.3) is 0 Å². The molecule has 0 saturated heterocycles. The summed E-state index contributed by atoms with van der Waals surface area (Å²) >= 11 is 0. The van der Waals surface area contributed by atoms with Crippen molar-refractivity contribution in [1.29, 1.82) is 5.26 Å².